The summed E-state index contributed by atoms with van der Waals surface area (Å²) in [6.45, 7) is 4.65. The lowest BCUT2D eigenvalue weighted by molar-refractivity contribution is 0.208. The van der Waals surface area contributed by atoms with Crippen LogP contribution < -0.4 is 10.2 Å². The minimum absolute atomic E-state index is 0.0771. The van der Waals surface area contributed by atoms with E-state index in [0.717, 1.165) is 34.7 Å². The van der Waals surface area contributed by atoms with Gasteiger partial charge in [-0.25, -0.2) is 14.8 Å². The second-order valence-electron chi connectivity index (χ2n) is 9.24. The standard InChI is InChI=1S/C30H30ClN5OS/c1-21-27(20-22-6-4-3-5-7-22)29(34-28(32-21)23-8-10-24(31)11-9-23)35-16-18-36(19-17-35)30(37)33-25-12-14-26(38-2)15-13-25/h3-15H,16-20H2,1-2H3,(H,33,37). The molecule has 1 N–H and O–H groups in total. The molecule has 2 heterocycles. The van der Waals surface area contributed by atoms with Crippen molar-refractivity contribution in [2.24, 2.45) is 0 Å². The molecule has 8 heteroatoms. The fraction of sp³-hybridized carbons (Fsp3) is 0.233. The van der Waals surface area contributed by atoms with Crippen LogP contribution in [0.25, 0.3) is 11.4 Å². The largest absolute Gasteiger partial charge is 0.353 e. The van der Waals surface area contributed by atoms with Crippen LogP contribution in [0.15, 0.2) is 83.8 Å². The van der Waals surface area contributed by atoms with E-state index in [9.17, 15) is 4.79 Å². The molecule has 1 fully saturated rings. The van der Waals surface area contributed by atoms with E-state index in [1.807, 2.05) is 65.8 Å². The number of rotatable bonds is 6. The predicted molar refractivity (Wildman–Crippen MR) is 157 cm³/mol. The van der Waals surface area contributed by atoms with Crippen LogP contribution in [0.1, 0.15) is 16.8 Å². The summed E-state index contributed by atoms with van der Waals surface area (Å²) in [6.07, 6.45) is 2.78. The number of nitrogens with zero attached hydrogens (tertiary/aromatic N) is 4. The number of aromatic nitrogens is 2. The lowest BCUT2D eigenvalue weighted by Crippen LogP contribution is -2.50. The number of amides is 2. The topological polar surface area (TPSA) is 61.4 Å². The normalized spacial score (nSPS) is 13.4. The van der Waals surface area contributed by atoms with Crippen LogP contribution in [0, 0.1) is 6.92 Å². The molecule has 194 valence electrons. The molecule has 1 saturated heterocycles. The minimum atomic E-state index is -0.0771. The molecular formula is C30H30ClN5OS. The highest BCUT2D eigenvalue weighted by Crippen LogP contribution is 2.29. The van der Waals surface area contributed by atoms with E-state index in [-0.39, 0.29) is 6.03 Å². The van der Waals surface area contributed by atoms with Crippen LogP contribution in [-0.4, -0.2) is 53.3 Å². The molecule has 3 aromatic carbocycles. The Kier molecular flexibility index (Phi) is 8.15. The third-order valence-corrected chi connectivity index (χ3v) is 7.72. The van der Waals surface area contributed by atoms with Crippen molar-refractivity contribution in [3.05, 3.63) is 101 Å². The number of nitrogens with one attached hydrogen (secondary N) is 1. The van der Waals surface area contributed by atoms with E-state index in [0.29, 0.717) is 37.0 Å². The Hall–Kier alpha value is -3.55. The van der Waals surface area contributed by atoms with Gasteiger partial charge in [0.05, 0.1) is 0 Å². The van der Waals surface area contributed by atoms with Crippen LogP contribution in [0.2, 0.25) is 5.02 Å². The van der Waals surface area contributed by atoms with E-state index < -0.39 is 0 Å². The number of benzene rings is 3. The summed E-state index contributed by atoms with van der Waals surface area (Å²) in [4.78, 5) is 28.2. The fourth-order valence-corrected chi connectivity index (χ4v) is 5.11. The van der Waals surface area contributed by atoms with Gasteiger partial charge in [-0.15, -0.1) is 11.8 Å². The molecule has 0 atom stereocenters. The molecule has 38 heavy (non-hydrogen) atoms. The Balaban J connectivity index is 1.36. The lowest BCUT2D eigenvalue weighted by Gasteiger charge is -2.36. The maximum atomic E-state index is 12.9. The van der Waals surface area contributed by atoms with Crippen LogP contribution >= 0.6 is 23.4 Å². The molecule has 0 radical (unpaired) electrons. The molecule has 4 aromatic rings. The molecule has 5 rings (SSSR count). The highest BCUT2D eigenvalue weighted by atomic mass is 35.5. The van der Waals surface area contributed by atoms with Gasteiger partial charge in [0.1, 0.15) is 5.82 Å². The first-order chi connectivity index (χ1) is 18.5. The summed E-state index contributed by atoms with van der Waals surface area (Å²) in [5, 5.41) is 3.71. The predicted octanol–water partition coefficient (Wildman–Crippen LogP) is 6.77. The number of aryl methyl sites for hydroxylation is 1. The summed E-state index contributed by atoms with van der Waals surface area (Å²) in [7, 11) is 0. The van der Waals surface area contributed by atoms with E-state index in [4.69, 9.17) is 21.6 Å². The molecule has 1 aliphatic heterocycles. The summed E-state index contributed by atoms with van der Waals surface area (Å²) >= 11 is 7.80. The molecule has 0 aliphatic carbocycles. The Morgan fingerprint density at radius 2 is 1.61 bits per heavy atom. The van der Waals surface area contributed by atoms with Crippen molar-refractivity contribution in [1.82, 2.24) is 14.9 Å². The van der Waals surface area contributed by atoms with Crippen LogP contribution in [0.3, 0.4) is 0 Å². The quantitative estimate of drug-likeness (QED) is 0.272. The Labute approximate surface area is 233 Å². The number of hydrogen-bond donors (Lipinski definition) is 1. The van der Waals surface area contributed by atoms with E-state index in [1.165, 1.54) is 10.5 Å². The van der Waals surface area contributed by atoms with Gasteiger partial charge >= 0.3 is 6.03 Å². The van der Waals surface area contributed by atoms with Gasteiger partial charge in [0.2, 0.25) is 0 Å². The van der Waals surface area contributed by atoms with Crippen LogP contribution in [0.5, 0.6) is 0 Å². The van der Waals surface area contributed by atoms with Crippen molar-refractivity contribution in [2.45, 2.75) is 18.2 Å². The van der Waals surface area contributed by atoms with E-state index in [1.54, 1.807) is 11.8 Å². The molecular weight excluding hydrogens is 514 g/mol. The molecule has 0 unspecified atom stereocenters. The van der Waals surface area contributed by atoms with Gasteiger partial charge < -0.3 is 15.1 Å². The second-order valence-corrected chi connectivity index (χ2v) is 10.6. The van der Waals surface area contributed by atoms with Gasteiger partial charge in [0, 0.05) is 65.0 Å². The Bertz CT molecular complexity index is 1390. The van der Waals surface area contributed by atoms with Gasteiger partial charge in [-0.3, -0.25) is 0 Å². The minimum Gasteiger partial charge on any atom is -0.353 e. The van der Waals surface area contributed by atoms with Crippen LogP contribution in [-0.2, 0) is 6.42 Å². The number of thioether (sulfide) groups is 1. The molecule has 0 saturated carbocycles. The first-order valence-electron chi connectivity index (χ1n) is 12.6. The number of halogens is 1. The van der Waals surface area contributed by atoms with Crippen LogP contribution in [0.4, 0.5) is 16.3 Å². The SMILES string of the molecule is CSc1ccc(NC(=O)N2CCN(c3nc(-c4ccc(Cl)cc4)nc(C)c3Cc3ccccc3)CC2)cc1. The number of carbonyl (C=O) groups excluding carboxylic acids is 1. The zero-order valence-electron chi connectivity index (χ0n) is 21.5. The smallest absolute Gasteiger partial charge is 0.321 e. The zero-order chi connectivity index (χ0) is 26.5. The summed E-state index contributed by atoms with van der Waals surface area (Å²) in [5.74, 6) is 1.61. The maximum Gasteiger partial charge on any atom is 0.321 e. The molecule has 6 nitrogen and oxygen atoms in total. The maximum absolute atomic E-state index is 12.9. The zero-order valence-corrected chi connectivity index (χ0v) is 23.1. The Morgan fingerprint density at radius 1 is 0.921 bits per heavy atom. The first kappa shape index (κ1) is 26.1. The first-order valence-corrected chi connectivity index (χ1v) is 14.2. The van der Waals surface area contributed by atoms with Crippen molar-refractivity contribution in [3.63, 3.8) is 0 Å². The lowest BCUT2D eigenvalue weighted by atomic mass is 10.0. The fourth-order valence-electron chi connectivity index (χ4n) is 4.58. The van der Waals surface area contributed by atoms with E-state index in [2.05, 4.69) is 41.4 Å². The molecule has 0 bridgehead atoms. The van der Waals surface area contributed by atoms with Crippen molar-refractivity contribution in [2.75, 3.05) is 42.7 Å². The second kappa shape index (κ2) is 11.9. The van der Waals surface area contributed by atoms with Crippen molar-refractivity contribution in [3.8, 4) is 11.4 Å². The highest BCUT2D eigenvalue weighted by molar-refractivity contribution is 7.98. The highest BCUT2D eigenvalue weighted by Gasteiger charge is 2.25. The number of hydrogen-bond acceptors (Lipinski definition) is 5. The molecule has 0 spiro atoms. The molecule has 1 aromatic heterocycles. The van der Waals surface area contributed by atoms with Gasteiger partial charge in [-0.1, -0.05) is 41.9 Å². The number of anilines is 2. The monoisotopic (exact) mass is 543 g/mol. The van der Waals surface area contributed by atoms with Crippen molar-refractivity contribution < 1.29 is 4.79 Å². The van der Waals surface area contributed by atoms with Gasteiger partial charge in [-0.05, 0) is 67.3 Å². The average Bonchev–Trinajstić information content (AvgIpc) is 2.95. The average molecular weight is 544 g/mol. The number of piperazine rings is 1. The third kappa shape index (κ3) is 6.11. The number of carbonyl (C=O) groups is 1. The molecule has 2 amide bonds. The third-order valence-electron chi connectivity index (χ3n) is 6.73. The summed E-state index contributed by atoms with van der Waals surface area (Å²) < 4.78 is 0. The van der Waals surface area contributed by atoms with Gasteiger partial charge in [0.15, 0.2) is 5.82 Å². The van der Waals surface area contributed by atoms with Crippen molar-refractivity contribution in [1.29, 1.82) is 0 Å². The van der Waals surface area contributed by atoms with Crippen molar-refractivity contribution >= 4 is 40.9 Å². The summed E-state index contributed by atoms with van der Waals surface area (Å²) in [6, 6.07) is 25.9. The Morgan fingerprint density at radius 3 is 2.26 bits per heavy atom. The summed E-state index contributed by atoms with van der Waals surface area (Å²) in [5.41, 5.74) is 5.01. The number of urea groups is 1. The molecule has 1 aliphatic rings. The van der Waals surface area contributed by atoms with E-state index >= 15 is 0 Å². The van der Waals surface area contributed by atoms with Gasteiger partial charge in [-0.2, -0.15) is 0 Å². The van der Waals surface area contributed by atoms with Gasteiger partial charge in [0.25, 0.3) is 0 Å².